The standard InChI is InChI=1S/C22H25ClF3N3O/c1-14(16-4-5-17(13-27)18(23)12-16)19(30)8-6-15-7-9-20(22(24,25)26)28-21(15)29-10-2-3-11-29/h4-5,7,9,12,14H,2-3,6,8,10-11,13,27H2,1H3. The van der Waals surface area contributed by atoms with Crippen molar-refractivity contribution in [2.75, 3.05) is 18.0 Å². The normalized spacial score (nSPS) is 15.5. The van der Waals surface area contributed by atoms with Gasteiger partial charge in [-0.05, 0) is 48.1 Å². The van der Waals surface area contributed by atoms with Crippen molar-refractivity contribution >= 4 is 23.2 Å². The lowest BCUT2D eigenvalue weighted by atomic mass is 9.92. The number of pyridine rings is 1. The summed E-state index contributed by atoms with van der Waals surface area (Å²) in [7, 11) is 0. The molecule has 1 atom stereocenters. The van der Waals surface area contributed by atoms with Crippen LogP contribution >= 0.6 is 11.6 Å². The number of aromatic nitrogens is 1. The molecule has 0 saturated carbocycles. The molecule has 2 aromatic rings. The summed E-state index contributed by atoms with van der Waals surface area (Å²) in [6, 6.07) is 7.85. The first-order valence-corrected chi connectivity index (χ1v) is 10.4. The number of carbonyl (C=O) groups is 1. The average molecular weight is 440 g/mol. The number of ketones is 1. The maximum absolute atomic E-state index is 13.1. The maximum Gasteiger partial charge on any atom is 0.433 e. The van der Waals surface area contributed by atoms with E-state index in [4.69, 9.17) is 17.3 Å². The second kappa shape index (κ2) is 9.35. The Hall–Kier alpha value is -2.12. The van der Waals surface area contributed by atoms with Crippen LogP contribution in [0.1, 0.15) is 54.5 Å². The Balaban J connectivity index is 1.75. The quantitative estimate of drug-likeness (QED) is 0.650. The molecule has 0 spiro atoms. The summed E-state index contributed by atoms with van der Waals surface area (Å²) in [6.45, 7) is 3.49. The van der Waals surface area contributed by atoms with Gasteiger partial charge < -0.3 is 10.6 Å². The van der Waals surface area contributed by atoms with Gasteiger partial charge in [-0.1, -0.05) is 36.7 Å². The van der Waals surface area contributed by atoms with Crippen LogP contribution in [-0.4, -0.2) is 23.9 Å². The van der Waals surface area contributed by atoms with Crippen LogP contribution in [0.3, 0.4) is 0 Å². The molecule has 1 fully saturated rings. The fourth-order valence-corrected chi connectivity index (χ4v) is 3.96. The number of rotatable bonds is 7. The summed E-state index contributed by atoms with van der Waals surface area (Å²) in [5.41, 5.74) is 7.00. The number of Topliss-reactive ketones (excluding diaryl/α,β-unsaturated/α-hetero) is 1. The summed E-state index contributed by atoms with van der Waals surface area (Å²) >= 11 is 6.20. The van der Waals surface area contributed by atoms with Crippen molar-refractivity contribution in [1.82, 2.24) is 4.98 Å². The third kappa shape index (κ3) is 5.13. The number of benzene rings is 1. The molecule has 162 valence electrons. The van der Waals surface area contributed by atoms with Crippen molar-refractivity contribution in [3.63, 3.8) is 0 Å². The summed E-state index contributed by atoms with van der Waals surface area (Å²) in [5, 5.41) is 0.526. The predicted octanol–water partition coefficient (Wildman–Crippen LogP) is 5.12. The zero-order chi connectivity index (χ0) is 21.9. The molecule has 0 aliphatic carbocycles. The van der Waals surface area contributed by atoms with E-state index in [0.29, 0.717) is 42.5 Å². The molecule has 0 bridgehead atoms. The highest BCUT2D eigenvalue weighted by Gasteiger charge is 2.34. The molecule has 4 nitrogen and oxygen atoms in total. The highest BCUT2D eigenvalue weighted by Crippen LogP contribution is 2.32. The van der Waals surface area contributed by atoms with Gasteiger partial charge in [-0.2, -0.15) is 13.2 Å². The van der Waals surface area contributed by atoms with Gasteiger partial charge in [0.25, 0.3) is 0 Å². The van der Waals surface area contributed by atoms with Gasteiger partial charge in [0.15, 0.2) is 0 Å². The van der Waals surface area contributed by atoms with E-state index in [1.807, 2.05) is 24.0 Å². The number of nitrogens with two attached hydrogens (primary N) is 1. The monoisotopic (exact) mass is 439 g/mol. The summed E-state index contributed by atoms with van der Waals surface area (Å²) < 4.78 is 39.4. The van der Waals surface area contributed by atoms with E-state index in [1.165, 1.54) is 6.07 Å². The van der Waals surface area contributed by atoms with Crippen molar-refractivity contribution in [2.45, 2.75) is 51.2 Å². The van der Waals surface area contributed by atoms with Gasteiger partial charge >= 0.3 is 6.18 Å². The lowest BCUT2D eigenvalue weighted by Gasteiger charge is -2.22. The Kier molecular flexibility index (Phi) is 7.03. The number of hydrogen-bond donors (Lipinski definition) is 1. The number of nitrogens with zero attached hydrogens (tertiary/aromatic N) is 2. The lowest BCUT2D eigenvalue weighted by molar-refractivity contribution is -0.141. The second-order valence-electron chi connectivity index (χ2n) is 7.61. The number of aryl methyl sites for hydroxylation is 1. The van der Waals surface area contributed by atoms with E-state index < -0.39 is 11.9 Å². The van der Waals surface area contributed by atoms with Gasteiger partial charge in [0, 0.05) is 37.0 Å². The van der Waals surface area contributed by atoms with E-state index in [-0.39, 0.29) is 18.1 Å². The molecule has 1 saturated heterocycles. The molecule has 0 radical (unpaired) electrons. The number of alkyl halides is 3. The van der Waals surface area contributed by atoms with Gasteiger partial charge in [0.2, 0.25) is 0 Å². The minimum Gasteiger partial charge on any atom is -0.356 e. The molecular formula is C22H25ClF3N3O. The van der Waals surface area contributed by atoms with E-state index in [1.54, 1.807) is 6.07 Å². The Morgan fingerprint density at radius 1 is 1.20 bits per heavy atom. The van der Waals surface area contributed by atoms with Gasteiger partial charge in [-0.15, -0.1) is 0 Å². The highest BCUT2D eigenvalue weighted by molar-refractivity contribution is 6.31. The van der Waals surface area contributed by atoms with E-state index in [9.17, 15) is 18.0 Å². The molecule has 1 aromatic heterocycles. The molecule has 1 unspecified atom stereocenters. The minimum absolute atomic E-state index is 0.00108. The van der Waals surface area contributed by atoms with Crippen LogP contribution < -0.4 is 10.6 Å². The van der Waals surface area contributed by atoms with Gasteiger partial charge in [0.05, 0.1) is 0 Å². The number of hydrogen-bond acceptors (Lipinski definition) is 4. The largest absolute Gasteiger partial charge is 0.433 e. The SMILES string of the molecule is CC(C(=O)CCc1ccc(C(F)(F)F)nc1N1CCCC1)c1ccc(CN)c(Cl)c1. The molecule has 30 heavy (non-hydrogen) atoms. The van der Waals surface area contributed by atoms with Crippen LogP contribution in [0.25, 0.3) is 0 Å². The highest BCUT2D eigenvalue weighted by atomic mass is 35.5. The number of carbonyl (C=O) groups excluding carboxylic acids is 1. The molecule has 1 aromatic carbocycles. The fraction of sp³-hybridized carbons (Fsp3) is 0.455. The van der Waals surface area contributed by atoms with Crippen LogP contribution in [0.15, 0.2) is 30.3 Å². The fourth-order valence-electron chi connectivity index (χ4n) is 3.69. The van der Waals surface area contributed by atoms with Crippen molar-refractivity contribution in [3.8, 4) is 0 Å². The Labute approximate surface area is 179 Å². The van der Waals surface area contributed by atoms with Crippen molar-refractivity contribution in [2.24, 2.45) is 5.73 Å². The molecular weight excluding hydrogens is 415 g/mol. The van der Waals surface area contributed by atoms with Crippen LogP contribution in [0.5, 0.6) is 0 Å². The Bertz CT molecular complexity index is 911. The topological polar surface area (TPSA) is 59.2 Å². The lowest BCUT2D eigenvalue weighted by Crippen LogP contribution is -2.23. The van der Waals surface area contributed by atoms with Gasteiger partial charge in [0.1, 0.15) is 17.3 Å². The van der Waals surface area contributed by atoms with Gasteiger partial charge in [-0.25, -0.2) is 4.98 Å². The van der Waals surface area contributed by atoms with Crippen molar-refractivity contribution in [3.05, 3.63) is 57.7 Å². The van der Waals surface area contributed by atoms with Crippen LogP contribution in [0.2, 0.25) is 5.02 Å². The second-order valence-corrected chi connectivity index (χ2v) is 8.02. The maximum atomic E-state index is 13.1. The van der Waals surface area contributed by atoms with E-state index in [0.717, 1.165) is 30.0 Å². The Morgan fingerprint density at radius 2 is 1.87 bits per heavy atom. The Morgan fingerprint density at radius 3 is 2.47 bits per heavy atom. The number of anilines is 1. The van der Waals surface area contributed by atoms with Crippen LogP contribution in [-0.2, 0) is 23.9 Å². The molecule has 8 heteroatoms. The van der Waals surface area contributed by atoms with Crippen molar-refractivity contribution in [1.29, 1.82) is 0 Å². The smallest absolute Gasteiger partial charge is 0.356 e. The third-order valence-electron chi connectivity index (χ3n) is 5.57. The minimum atomic E-state index is -4.49. The van der Waals surface area contributed by atoms with Crippen LogP contribution in [0.4, 0.5) is 19.0 Å². The first kappa shape index (κ1) is 22.6. The first-order chi connectivity index (χ1) is 14.2. The molecule has 2 N–H and O–H groups in total. The molecule has 2 heterocycles. The van der Waals surface area contributed by atoms with Crippen molar-refractivity contribution < 1.29 is 18.0 Å². The molecule has 1 aliphatic rings. The molecule has 1 aliphatic heterocycles. The van der Waals surface area contributed by atoms with E-state index in [2.05, 4.69) is 4.98 Å². The molecule has 0 amide bonds. The van der Waals surface area contributed by atoms with Crippen LogP contribution in [0, 0.1) is 0 Å². The van der Waals surface area contributed by atoms with Gasteiger partial charge in [-0.3, -0.25) is 4.79 Å². The number of halogens is 4. The summed E-state index contributed by atoms with van der Waals surface area (Å²) in [5.74, 6) is -0.0241. The average Bonchev–Trinajstić information content (AvgIpc) is 3.25. The molecule has 3 rings (SSSR count). The third-order valence-corrected chi connectivity index (χ3v) is 5.92. The first-order valence-electron chi connectivity index (χ1n) is 10.0. The zero-order valence-electron chi connectivity index (χ0n) is 16.8. The summed E-state index contributed by atoms with van der Waals surface area (Å²) in [6.07, 6.45) is -2.09. The summed E-state index contributed by atoms with van der Waals surface area (Å²) in [4.78, 5) is 18.5. The predicted molar refractivity (Wildman–Crippen MR) is 112 cm³/mol. The zero-order valence-corrected chi connectivity index (χ0v) is 17.6. The van der Waals surface area contributed by atoms with E-state index >= 15 is 0 Å².